The van der Waals surface area contributed by atoms with Crippen molar-refractivity contribution < 1.29 is 17.2 Å². The summed E-state index contributed by atoms with van der Waals surface area (Å²) in [6, 6.07) is 5.23. The molecule has 1 aromatic carbocycles. The lowest BCUT2D eigenvalue weighted by Crippen LogP contribution is -2.47. The summed E-state index contributed by atoms with van der Waals surface area (Å²) >= 11 is 1.41. The third kappa shape index (κ3) is 4.04. The number of benzene rings is 1. The molecule has 0 saturated carbocycles. The first kappa shape index (κ1) is 21.1. The highest BCUT2D eigenvalue weighted by molar-refractivity contribution is 7.88. The molecule has 1 fully saturated rings. The van der Waals surface area contributed by atoms with Gasteiger partial charge >= 0.3 is 0 Å². The quantitative estimate of drug-likeness (QED) is 0.609. The summed E-state index contributed by atoms with van der Waals surface area (Å²) in [6.07, 6.45) is 2.78. The number of piperazine rings is 1. The Balaban J connectivity index is 1.67. The average Bonchev–Trinajstić information content (AvgIpc) is 3.09. The van der Waals surface area contributed by atoms with Crippen LogP contribution >= 0.6 is 11.3 Å². The molecule has 30 heavy (non-hydrogen) atoms. The van der Waals surface area contributed by atoms with Crippen molar-refractivity contribution in [3.63, 3.8) is 0 Å². The molecular weight excluding hydrogens is 432 g/mol. The lowest BCUT2D eigenvalue weighted by Gasteiger charge is -2.32. The van der Waals surface area contributed by atoms with E-state index in [4.69, 9.17) is 0 Å². The summed E-state index contributed by atoms with van der Waals surface area (Å²) in [6.45, 7) is 2.62. The molecule has 0 radical (unpaired) electrons. The summed E-state index contributed by atoms with van der Waals surface area (Å²) in [5.74, 6) is -1.33. The van der Waals surface area contributed by atoms with Crippen molar-refractivity contribution >= 4 is 31.4 Å². The van der Waals surface area contributed by atoms with Gasteiger partial charge in [0, 0.05) is 72.7 Å². The van der Waals surface area contributed by atoms with E-state index in [1.165, 1.54) is 38.6 Å². The van der Waals surface area contributed by atoms with Crippen LogP contribution in [0.15, 0.2) is 35.3 Å². The lowest BCUT2D eigenvalue weighted by molar-refractivity contribution is 0.183. The minimum atomic E-state index is -3.19. The van der Waals surface area contributed by atoms with Crippen molar-refractivity contribution in [2.75, 3.05) is 32.4 Å². The highest BCUT2D eigenvalue weighted by atomic mass is 32.2. The highest BCUT2D eigenvalue weighted by Gasteiger charge is 2.24. The van der Waals surface area contributed by atoms with Gasteiger partial charge in [-0.1, -0.05) is 0 Å². The summed E-state index contributed by atoms with van der Waals surface area (Å²) < 4.78 is 54.6. The molecule has 1 saturated heterocycles. The summed E-state index contributed by atoms with van der Waals surface area (Å²) in [5, 5.41) is 0.494. The van der Waals surface area contributed by atoms with Gasteiger partial charge in [0.1, 0.15) is 11.6 Å². The molecule has 0 spiro atoms. The van der Waals surface area contributed by atoms with Gasteiger partial charge in [-0.15, -0.1) is 11.3 Å². The molecule has 0 amide bonds. The first-order valence-corrected chi connectivity index (χ1v) is 12.0. The molecule has 10 heteroatoms. The maximum Gasteiger partial charge on any atom is 0.259 e. The Kier molecular flexibility index (Phi) is 5.52. The van der Waals surface area contributed by atoms with Crippen LogP contribution in [-0.2, 0) is 23.6 Å². The molecule has 0 atom stereocenters. The normalized spacial score (nSPS) is 16.4. The van der Waals surface area contributed by atoms with Gasteiger partial charge in [-0.3, -0.25) is 9.69 Å². The van der Waals surface area contributed by atoms with E-state index in [0.717, 1.165) is 10.9 Å². The number of aryl methyl sites for hydroxylation is 1. The summed E-state index contributed by atoms with van der Waals surface area (Å²) in [7, 11) is -1.59. The molecule has 160 valence electrons. The number of pyridine rings is 1. The smallest absolute Gasteiger partial charge is 0.259 e. The van der Waals surface area contributed by atoms with Crippen LogP contribution in [0.5, 0.6) is 0 Å². The van der Waals surface area contributed by atoms with Crippen molar-refractivity contribution in [3.05, 3.63) is 57.3 Å². The van der Waals surface area contributed by atoms with E-state index in [0.29, 0.717) is 48.4 Å². The van der Waals surface area contributed by atoms with Crippen LogP contribution in [0.25, 0.3) is 21.2 Å². The number of hydrogen-bond acceptors (Lipinski definition) is 5. The zero-order valence-corrected chi connectivity index (χ0v) is 18.2. The van der Waals surface area contributed by atoms with E-state index in [9.17, 15) is 22.0 Å². The minimum absolute atomic E-state index is 0.180. The Hall–Kier alpha value is -2.14. The predicted octanol–water partition coefficient (Wildman–Crippen LogP) is 2.62. The molecule has 0 bridgehead atoms. The molecule has 3 aromatic rings. The number of thiophene rings is 1. The first-order chi connectivity index (χ1) is 14.1. The van der Waals surface area contributed by atoms with E-state index in [1.54, 1.807) is 13.2 Å². The van der Waals surface area contributed by atoms with Gasteiger partial charge in [0.25, 0.3) is 5.56 Å². The largest absolute Gasteiger partial charge is 0.317 e. The van der Waals surface area contributed by atoms with Gasteiger partial charge in [-0.2, -0.15) is 4.31 Å². The van der Waals surface area contributed by atoms with E-state index in [1.807, 2.05) is 6.07 Å². The Bertz CT molecular complexity index is 1280. The number of halogens is 2. The molecule has 1 aliphatic heterocycles. The number of rotatable bonds is 4. The van der Waals surface area contributed by atoms with Gasteiger partial charge < -0.3 is 4.57 Å². The Morgan fingerprint density at radius 3 is 2.40 bits per heavy atom. The monoisotopic (exact) mass is 453 g/mol. The van der Waals surface area contributed by atoms with Crippen LogP contribution in [0, 0.1) is 11.6 Å². The lowest BCUT2D eigenvalue weighted by atomic mass is 10.1. The summed E-state index contributed by atoms with van der Waals surface area (Å²) in [5.41, 5.74) is 0.607. The molecule has 0 N–H and O–H groups in total. The van der Waals surface area contributed by atoms with E-state index < -0.39 is 21.7 Å². The predicted molar refractivity (Wildman–Crippen MR) is 114 cm³/mol. The number of hydrogen-bond donors (Lipinski definition) is 0. The van der Waals surface area contributed by atoms with Gasteiger partial charge in [-0.05, 0) is 18.2 Å². The van der Waals surface area contributed by atoms with Crippen molar-refractivity contribution in [2.24, 2.45) is 7.05 Å². The second-order valence-electron chi connectivity index (χ2n) is 7.48. The third-order valence-electron chi connectivity index (χ3n) is 5.30. The van der Waals surface area contributed by atoms with Crippen LogP contribution in [-0.4, -0.2) is 54.6 Å². The van der Waals surface area contributed by atoms with Crippen LogP contribution in [0.2, 0.25) is 0 Å². The van der Waals surface area contributed by atoms with Crippen molar-refractivity contribution in [3.8, 4) is 11.1 Å². The molecule has 6 nitrogen and oxygen atoms in total. The Labute approximate surface area is 177 Å². The number of aromatic nitrogens is 1. The van der Waals surface area contributed by atoms with Crippen molar-refractivity contribution in [1.82, 2.24) is 13.8 Å². The standard InChI is InChI=1S/C20H21F2N3O3S2/c1-23-12-17(15-4-3-13(21)9-18(15)22)19-16(20(23)26)10-14(29-19)11-24-5-7-25(8-6-24)30(2,27)28/h3-4,9-10,12H,5-8,11H2,1-2H3. The SMILES string of the molecule is Cn1cc(-c2ccc(F)cc2F)c2sc(CN3CCN(S(C)(=O)=O)CC3)cc2c1=O. The zero-order valence-electron chi connectivity index (χ0n) is 16.6. The van der Waals surface area contributed by atoms with Crippen LogP contribution in [0.3, 0.4) is 0 Å². The molecule has 3 heterocycles. The van der Waals surface area contributed by atoms with Crippen molar-refractivity contribution in [1.29, 1.82) is 0 Å². The maximum absolute atomic E-state index is 14.4. The zero-order chi connectivity index (χ0) is 21.6. The maximum atomic E-state index is 14.4. The minimum Gasteiger partial charge on any atom is -0.317 e. The average molecular weight is 454 g/mol. The molecule has 2 aromatic heterocycles. The van der Waals surface area contributed by atoms with Gasteiger partial charge in [-0.25, -0.2) is 17.2 Å². The van der Waals surface area contributed by atoms with Crippen molar-refractivity contribution in [2.45, 2.75) is 6.54 Å². The Morgan fingerprint density at radius 2 is 1.77 bits per heavy atom. The highest BCUT2D eigenvalue weighted by Crippen LogP contribution is 2.35. The number of sulfonamides is 1. The molecule has 4 rings (SSSR count). The van der Waals surface area contributed by atoms with Crippen LogP contribution in [0.4, 0.5) is 8.78 Å². The third-order valence-corrected chi connectivity index (χ3v) is 7.76. The van der Waals surface area contributed by atoms with Crippen LogP contribution in [0.1, 0.15) is 4.88 Å². The second kappa shape index (κ2) is 7.84. The summed E-state index contributed by atoms with van der Waals surface area (Å²) in [4.78, 5) is 15.7. The van der Waals surface area contributed by atoms with E-state index in [-0.39, 0.29) is 11.1 Å². The van der Waals surface area contributed by atoms with Gasteiger partial charge in [0.05, 0.1) is 11.6 Å². The fourth-order valence-corrected chi connectivity index (χ4v) is 5.76. The molecule has 0 aliphatic carbocycles. The number of nitrogens with zero attached hydrogens (tertiary/aromatic N) is 3. The topological polar surface area (TPSA) is 62.6 Å². The first-order valence-electron chi connectivity index (χ1n) is 9.38. The van der Waals surface area contributed by atoms with Gasteiger partial charge in [0.2, 0.25) is 10.0 Å². The number of fused-ring (bicyclic) bond motifs is 1. The molecular formula is C20H21F2N3O3S2. The van der Waals surface area contributed by atoms with E-state index in [2.05, 4.69) is 4.90 Å². The van der Waals surface area contributed by atoms with E-state index >= 15 is 0 Å². The fourth-order valence-electron chi connectivity index (χ4n) is 3.72. The second-order valence-corrected chi connectivity index (χ2v) is 10.6. The fraction of sp³-hybridized carbons (Fsp3) is 0.350. The molecule has 1 aliphatic rings. The Morgan fingerprint density at radius 1 is 1.07 bits per heavy atom. The van der Waals surface area contributed by atoms with Gasteiger partial charge in [0.15, 0.2) is 0 Å². The van der Waals surface area contributed by atoms with Crippen LogP contribution < -0.4 is 5.56 Å². The molecule has 0 unspecified atom stereocenters.